The van der Waals surface area contributed by atoms with Gasteiger partial charge in [0.25, 0.3) is 5.91 Å². The average molecular weight is 429 g/mol. The van der Waals surface area contributed by atoms with Crippen LogP contribution in [0.2, 0.25) is 5.02 Å². The Kier molecular flexibility index (Phi) is 7.43. The minimum atomic E-state index is -0.113. The standard InChI is InChI=1S/C25H33ClN2O2/c1-18-15-21(11-12-22(18)26)30-17-24(29)27-16-23(28-13-5-6-14-28)19-7-9-20(10-8-19)25(2,3)4/h7-12,15,23H,5-6,13-14,16-17H2,1-4H3,(H,27,29)/t23-/m1/s1. The van der Waals surface area contributed by atoms with Gasteiger partial charge in [-0.25, -0.2) is 0 Å². The van der Waals surface area contributed by atoms with E-state index in [1.54, 1.807) is 12.1 Å². The molecule has 1 aliphatic heterocycles. The minimum Gasteiger partial charge on any atom is -0.484 e. The maximum Gasteiger partial charge on any atom is 0.258 e. The van der Waals surface area contributed by atoms with Crippen LogP contribution < -0.4 is 10.1 Å². The Bertz CT molecular complexity index is 852. The maximum absolute atomic E-state index is 12.4. The van der Waals surface area contributed by atoms with Gasteiger partial charge >= 0.3 is 0 Å². The zero-order valence-corrected chi connectivity index (χ0v) is 19.3. The van der Waals surface area contributed by atoms with Crippen molar-refractivity contribution < 1.29 is 9.53 Å². The van der Waals surface area contributed by atoms with Crippen molar-refractivity contribution in [1.82, 2.24) is 10.2 Å². The summed E-state index contributed by atoms with van der Waals surface area (Å²) < 4.78 is 5.64. The molecule has 1 heterocycles. The first-order chi connectivity index (χ1) is 14.2. The van der Waals surface area contributed by atoms with E-state index in [1.807, 2.05) is 13.0 Å². The van der Waals surface area contributed by atoms with Crippen molar-refractivity contribution >= 4 is 17.5 Å². The minimum absolute atomic E-state index is 0.00322. The van der Waals surface area contributed by atoms with E-state index < -0.39 is 0 Å². The lowest BCUT2D eigenvalue weighted by Crippen LogP contribution is -2.38. The monoisotopic (exact) mass is 428 g/mol. The number of halogens is 1. The fourth-order valence-electron chi connectivity index (χ4n) is 3.83. The third-order valence-corrected chi connectivity index (χ3v) is 6.16. The molecule has 1 N–H and O–H groups in total. The third-order valence-electron chi connectivity index (χ3n) is 5.73. The smallest absolute Gasteiger partial charge is 0.258 e. The molecule has 0 bridgehead atoms. The molecule has 1 saturated heterocycles. The second-order valence-corrected chi connectivity index (χ2v) is 9.54. The van der Waals surface area contributed by atoms with Crippen LogP contribution in [0.25, 0.3) is 0 Å². The summed E-state index contributed by atoms with van der Waals surface area (Å²) in [4.78, 5) is 14.9. The van der Waals surface area contributed by atoms with Crippen LogP contribution in [-0.4, -0.2) is 37.0 Å². The molecule has 1 atom stereocenters. The van der Waals surface area contributed by atoms with Gasteiger partial charge < -0.3 is 10.1 Å². The lowest BCUT2D eigenvalue weighted by Gasteiger charge is -2.29. The number of rotatable bonds is 7. The molecule has 1 fully saturated rings. The Balaban J connectivity index is 1.61. The van der Waals surface area contributed by atoms with Gasteiger partial charge in [0.15, 0.2) is 6.61 Å². The molecule has 0 radical (unpaired) electrons. The van der Waals surface area contributed by atoms with E-state index in [0.717, 1.165) is 18.7 Å². The van der Waals surface area contributed by atoms with Gasteiger partial charge in [-0.1, -0.05) is 56.6 Å². The summed E-state index contributed by atoms with van der Waals surface area (Å²) in [5.74, 6) is 0.541. The van der Waals surface area contributed by atoms with Crippen LogP contribution in [-0.2, 0) is 10.2 Å². The summed E-state index contributed by atoms with van der Waals surface area (Å²) in [7, 11) is 0. The number of benzene rings is 2. The molecular formula is C25H33ClN2O2. The molecule has 0 aliphatic carbocycles. The van der Waals surface area contributed by atoms with E-state index in [0.29, 0.717) is 17.3 Å². The molecule has 5 heteroatoms. The van der Waals surface area contributed by atoms with E-state index in [4.69, 9.17) is 16.3 Å². The van der Waals surface area contributed by atoms with Crippen LogP contribution in [0, 0.1) is 6.92 Å². The second-order valence-electron chi connectivity index (χ2n) is 9.13. The molecule has 0 unspecified atom stereocenters. The Labute approximate surface area is 185 Å². The fraction of sp³-hybridized carbons (Fsp3) is 0.480. The Morgan fingerprint density at radius 3 is 2.40 bits per heavy atom. The van der Waals surface area contributed by atoms with E-state index in [1.165, 1.54) is 24.0 Å². The van der Waals surface area contributed by atoms with Crippen LogP contribution in [0.4, 0.5) is 0 Å². The van der Waals surface area contributed by atoms with Crippen molar-refractivity contribution in [3.8, 4) is 5.75 Å². The molecule has 2 aromatic rings. The number of amides is 1. The van der Waals surface area contributed by atoms with E-state index in [9.17, 15) is 4.79 Å². The molecule has 4 nitrogen and oxygen atoms in total. The Hall–Kier alpha value is -2.04. The largest absolute Gasteiger partial charge is 0.484 e. The number of nitrogens with zero attached hydrogens (tertiary/aromatic N) is 1. The van der Waals surface area contributed by atoms with Gasteiger partial charge in [-0.3, -0.25) is 9.69 Å². The number of likely N-dealkylation sites (tertiary alicyclic amines) is 1. The molecule has 0 saturated carbocycles. The highest BCUT2D eigenvalue weighted by Gasteiger charge is 2.24. The zero-order chi connectivity index (χ0) is 21.7. The van der Waals surface area contributed by atoms with Gasteiger partial charge in [-0.15, -0.1) is 0 Å². The summed E-state index contributed by atoms with van der Waals surface area (Å²) in [5, 5.41) is 3.76. The second kappa shape index (κ2) is 9.84. The molecular weight excluding hydrogens is 396 g/mol. The zero-order valence-electron chi connectivity index (χ0n) is 18.5. The first-order valence-electron chi connectivity index (χ1n) is 10.7. The molecule has 0 spiro atoms. The maximum atomic E-state index is 12.4. The van der Waals surface area contributed by atoms with Gasteiger partial charge in [0.05, 0.1) is 6.04 Å². The molecule has 3 rings (SSSR count). The summed E-state index contributed by atoms with van der Waals surface area (Å²) >= 11 is 6.04. The number of hydrogen-bond donors (Lipinski definition) is 1. The van der Waals surface area contributed by atoms with Gasteiger partial charge in [0, 0.05) is 11.6 Å². The normalized spacial score (nSPS) is 15.8. The highest BCUT2D eigenvalue weighted by molar-refractivity contribution is 6.31. The molecule has 2 aromatic carbocycles. The number of nitrogens with one attached hydrogen (secondary N) is 1. The quantitative estimate of drug-likeness (QED) is 0.652. The van der Waals surface area contributed by atoms with Crippen molar-refractivity contribution in [2.24, 2.45) is 0 Å². The Morgan fingerprint density at radius 2 is 1.80 bits per heavy atom. The van der Waals surface area contributed by atoms with Crippen LogP contribution in [0.5, 0.6) is 5.75 Å². The van der Waals surface area contributed by atoms with Gasteiger partial charge in [-0.05, 0) is 73.2 Å². The molecule has 1 aliphatic rings. The average Bonchev–Trinajstić information content (AvgIpc) is 3.23. The number of carbonyl (C=O) groups excluding carboxylic acids is 1. The van der Waals surface area contributed by atoms with Crippen molar-refractivity contribution in [1.29, 1.82) is 0 Å². The lowest BCUT2D eigenvalue weighted by molar-refractivity contribution is -0.123. The van der Waals surface area contributed by atoms with Crippen molar-refractivity contribution in [2.75, 3.05) is 26.2 Å². The van der Waals surface area contributed by atoms with Gasteiger partial charge in [0.1, 0.15) is 5.75 Å². The first-order valence-corrected chi connectivity index (χ1v) is 11.1. The van der Waals surface area contributed by atoms with Gasteiger partial charge in [0.2, 0.25) is 0 Å². The highest BCUT2D eigenvalue weighted by atomic mass is 35.5. The topological polar surface area (TPSA) is 41.6 Å². The van der Waals surface area contributed by atoms with E-state index >= 15 is 0 Å². The number of carbonyl (C=O) groups is 1. The first kappa shape index (κ1) is 22.6. The van der Waals surface area contributed by atoms with E-state index in [2.05, 4.69) is 55.3 Å². The van der Waals surface area contributed by atoms with Crippen molar-refractivity contribution in [3.63, 3.8) is 0 Å². The summed E-state index contributed by atoms with van der Waals surface area (Å²) in [6.07, 6.45) is 2.42. The highest BCUT2D eigenvalue weighted by Crippen LogP contribution is 2.28. The predicted molar refractivity (Wildman–Crippen MR) is 123 cm³/mol. The van der Waals surface area contributed by atoms with E-state index in [-0.39, 0.29) is 24.0 Å². The molecule has 30 heavy (non-hydrogen) atoms. The number of hydrogen-bond acceptors (Lipinski definition) is 3. The van der Waals surface area contributed by atoms with Crippen molar-refractivity contribution in [2.45, 2.75) is 52.0 Å². The van der Waals surface area contributed by atoms with Gasteiger partial charge in [-0.2, -0.15) is 0 Å². The van der Waals surface area contributed by atoms with Crippen LogP contribution in [0.15, 0.2) is 42.5 Å². The summed E-state index contributed by atoms with van der Waals surface area (Å²) in [6.45, 7) is 11.3. The Morgan fingerprint density at radius 1 is 1.13 bits per heavy atom. The summed E-state index contributed by atoms with van der Waals surface area (Å²) in [6, 6.07) is 14.5. The number of aryl methyl sites for hydroxylation is 1. The molecule has 162 valence electrons. The SMILES string of the molecule is Cc1cc(OCC(=O)NC[C@H](c2ccc(C(C)(C)C)cc2)N2CCCC2)ccc1Cl. The van der Waals surface area contributed by atoms with Crippen LogP contribution >= 0.6 is 11.6 Å². The summed E-state index contributed by atoms with van der Waals surface area (Å²) in [5.41, 5.74) is 3.64. The van der Waals surface area contributed by atoms with Crippen LogP contribution in [0.1, 0.15) is 56.3 Å². The van der Waals surface area contributed by atoms with Crippen molar-refractivity contribution in [3.05, 3.63) is 64.2 Å². The fourth-order valence-corrected chi connectivity index (χ4v) is 3.95. The molecule has 1 amide bonds. The lowest BCUT2D eigenvalue weighted by atomic mass is 9.86. The van der Waals surface area contributed by atoms with Crippen LogP contribution in [0.3, 0.4) is 0 Å². The predicted octanol–water partition coefficient (Wildman–Crippen LogP) is 5.28. The molecule has 0 aromatic heterocycles. The number of ether oxygens (including phenoxy) is 1. The third kappa shape index (κ3) is 5.99.